The molecule has 1 unspecified atom stereocenters. The van der Waals surface area contributed by atoms with Gasteiger partial charge in [-0.2, -0.15) is 0 Å². The molecule has 25 heavy (non-hydrogen) atoms. The van der Waals surface area contributed by atoms with E-state index in [2.05, 4.69) is 15.3 Å². The molecule has 0 aliphatic rings. The summed E-state index contributed by atoms with van der Waals surface area (Å²) in [5.41, 5.74) is 0.814. The number of thioether (sulfide) groups is 1. The third-order valence-electron chi connectivity index (χ3n) is 3.12. The Kier molecular flexibility index (Phi) is 6.72. The predicted octanol–water partition coefficient (Wildman–Crippen LogP) is 3.37. The van der Waals surface area contributed by atoms with Crippen molar-refractivity contribution in [2.45, 2.75) is 24.3 Å². The Bertz CT molecular complexity index is 766. The first-order valence-corrected chi connectivity index (χ1v) is 8.73. The molecule has 0 saturated carbocycles. The summed E-state index contributed by atoms with van der Waals surface area (Å²) in [6.45, 7) is 3.74. The molecule has 7 nitrogen and oxygen atoms in total. The first-order valence-electron chi connectivity index (χ1n) is 7.47. The minimum absolute atomic E-state index is 0.222. The van der Waals surface area contributed by atoms with E-state index in [0.717, 1.165) is 0 Å². The van der Waals surface area contributed by atoms with Gasteiger partial charge < -0.3 is 19.8 Å². The standard InChI is InChI=1S/C16H18ClN3O4S/c1-4-24-15(22)12-8-18-16(20-12)25-9(2)14(21)19-10-5-6-13(23-3)11(17)7-10/h5-9H,4H2,1-3H3,(H,18,20)(H,19,21). The number of esters is 1. The highest BCUT2D eigenvalue weighted by molar-refractivity contribution is 8.00. The summed E-state index contributed by atoms with van der Waals surface area (Å²) in [7, 11) is 1.52. The van der Waals surface area contributed by atoms with Gasteiger partial charge in [0.05, 0.1) is 30.2 Å². The topological polar surface area (TPSA) is 93.3 Å². The Morgan fingerprint density at radius 2 is 2.20 bits per heavy atom. The molecule has 0 spiro atoms. The van der Waals surface area contributed by atoms with E-state index >= 15 is 0 Å². The number of aromatic nitrogens is 2. The number of aromatic amines is 1. The summed E-state index contributed by atoms with van der Waals surface area (Å²) in [6.07, 6.45) is 1.38. The number of methoxy groups -OCH3 is 1. The Morgan fingerprint density at radius 1 is 1.44 bits per heavy atom. The van der Waals surface area contributed by atoms with Crippen molar-refractivity contribution in [2.75, 3.05) is 19.0 Å². The van der Waals surface area contributed by atoms with E-state index in [0.29, 0.717) is 21.6 Å². The molecule has 0 aliphatic carbocycles. The molecule has 0 bridgehead atoms. The smallest absolute Gasteiger partial charge is 0.356 e. The van der Waals surface area contributed by atoms with Crippen molar-refractivity contribution >= 4 is 40.9 Å². The van der Waals surface area contributed by atoms with Crippen molar-refractivity contribution < 1.29 is 19.1 Å². The molecule has 1 aromatic heterocycles. The van der Waals surface area contributed by atoms with Crippen LogP contribution in [-0.2, 0) is 9.53 Å². The van der Waals surface area contributed by atoms with E-state index < -0.39 is 11.2 Å². The Balaban J connectivity index is 1.96. The van der Waals surface area contributed by atoms with E-state index in [1.165, 1.54) is 25.1 Å². The van der Waals surface area contributed by atoms with E-state index in [-0.39, 0.29) is 18.2 Å². The van der Waals surface area contributed by atoms with Crippen LogP contribution in [0.5, 0.6) is 5.75 Å². The number of imidazole rings is 1. The number of halogens is 1. The molecule has 0 aliphatic heterocycles. The van der Waals surface area contributed by atoms with E-state index in [4.69, 9.17) is 21.1 Å². The zero-order valence-electron chi connectivity index (χ0n) is 14.0. The van der Waals surface area contributed by atoms with Gasteiger partial charge in [0, 0.05) is 5.69 Å². The maximum Gasteiger partial charge on any atom is 0.356 e. The van der Waals surface area contributed by atoms with Gasteiger partial charge in [0.1, 0.15) is 11.4 Å². The number of hydrogen-bond donors (Lipinski definition) is 2. The number of nitrogens with zero attached hydrogens (tertiary/aromatic N) is 1. The van der Waals surface area contributed by atoms with Crippen LogP contribution in [0.2, 0.25) is 5.02 Å². The third kappa shape index (κ3) is 5.14. The molecule has 2 aromatic rings. The fourth-order valence-corrected chi connectivity index (χ4v) is 2.93. The number of benzene rings is 1. The first-order chi connectivity index (χ1) is 11.9. The quantitative estimate of drug-likeness (QED) is 0.562. The van der Waals surface area contributed by atoms with Crippen molar-refractivity contribution in [2.24, 2.45) is 0 Å². The normalized spacial score (nSPS) is 11.7. The van der Waals surface area contributed by atoms with Gasteiger partial charge in [0.15, 0.2) is 5.16 Å². The number of nitrogens with one attached hydrogen (secondary N) is 2. The van der Waals surface area contributed by atoms with Gasteiger partial charge >= 0.3 is 5.97 Å². The summed E-state index contributed by atoms with van der Waals surface area (Å²) >= 11 is 7.24. The van der Waals surface area contributed by atoms with E-state index in [1.807, 2.05) is 0 Å². The number of amides is 1. The highest BCUT2D eigenvalue weighted by atomic mass is 35.5. The van der Waals surface area contributed by atoms with Crippen LogP contribution >= 0.6 is 23.4 Å². The SMILES string of the molecule is CCOC(=O)c1cnc(SC(C)C(=O)Nc2ccc(OC)c(Cl)c2)[nH]1. The summed E-state index contributed by atoms with van der Waals surface area (Å²) in [6, 6.07) is 4.99. The number of anilines is 1. The zero-order valence-corrected chi connectivity index (χ0v) is 15.5. The number of H-pyrrole nitrogens is 1. The molecule has 0 fully saturated rings. The van der Waals surface area contributed by atoms with Crippen molar-refractivity contribution in [1.82, 2.24) is 9.97 Å². The lowest BCUT2D eigenvalue weighted by atomic mass is 10.3. The van der Waals surface area contributed by atoms with Crippen LogP contribution in [-0.4, -0.2) is 40.8 Å². The van der Waals surface area contributed by atoms with Gasteiger partial charge in [0.2, 0.25) is 5.91 Å². The van der Waals surface area contributed by atoms with Gasteiger partial charge in [-0.15, -0.1) is 0 Å². The number of rotatable bonds is 7. The van der Waals surface area contributed by atoms with Crippen LogP contribution in [0.1, 0.15) is 24.3 Å². The van der Waals surface area contributed by atoms with Gasteiger partial charge in [-0.1, -0.05) is 23.4 Å². The fourth-order valence-electron chi connectivity index (χ4n) is 1.88. The molecule has 9 heteroatoms. The van der Waals surface area contributed by atoms with Gasteiger partial charge in [0.25, 0.3) is 0 Å². The van der Waals surface area contributed by atoms with Gasteiger partial charge in [-0.25, -0.2) is 9.78 Å². The van der Waals surface area contributed by atoms with Crippen LogP contribution in [0.3, 0.4) is 0 Å². The maximum absolute atomic E-state index is 12.3. The first kappa shape index (κ1) is 19.1. The van der Waals surface area contributed by atoms with E-state index in [1.54, 1.807) is 32.0 Å². The van der Waals surface area contributed by atoms with Crippen LogP contribution in [0.15, 0.2) is 29.6 Å². The average molecular weight is 384 g/mol. The van der Waals surface area contributed by atoms with Gasteiger partial charge in [-0.3, -0.25) is 4.79 Å². The number of ether oxygens (including phenoxy) is 2. The lowest BCUT2D eigenvalue weighted by Crippen LogP contribution is -2.22. The molecular weight excluding hydrogens is 366 g/mol. The second-order valence-electron chi connectivity index (χ2n) is 4.92. The van der Waals surface area contributed by atoms with Crippen LogP contribution < -0.4 is 10.1 Å². The molecule has 1 heterocycles. The number of carbonyl (C=O) groups excluding carboxylic acids is 2. The molecular formula is C16H18ClN3O4S. The molecule has 1 aromatic carbocycles. The minimum Gasteiger partial charge on any atom is -0.495 e. The molecule has 2 N–H and O–H groups in total. The lowest BCUT2D eigenvalue weighted by molar-refractivity contribution is -0.115. The van der Waals surface area contributed by atoms with Crippen molar-refractivity contribution in [3.63, 3.8) is 0 Å². The minimum atomic E-state index is -0.480. The van der Waals surface area contributed by atoms with Crippen molar-refractivity contribution in [3.05, 3.63) is 35.1 Å². The summed E-state index contributed by atoms with van der Waals surface area (Å²) in [4.78, 5) is 30.8. The van der Waals surface area contributed by atoms with Crippen LogP contribution in [0, 0.1) is 0 Å². The molecule has 2 rings (SSSR count). The Labute approximate surface area is 154 Å². The van der Waals surface area contributed by atoms with Crippen LogP contribution in [0.25, 0.3) is 0 Å². The van der Waals surface area contributed by atoms with Gasteiger partial charge in [-0.05, 0) is 32.0 Å². The summed E-state index contributed by atoms with van der Waals surface area (Å²) in [5, 5.41) is 3.19. The molecule has 134 valence electrons. The molecule has 1 amide bonds. The average Bonchev–Trinajstić information content (AvgIpc) is 3.04. The second kappa shape index (κ2) is 8.77. The fraction of sp³-hybridized carbons (Fsp3) is 0.312. The highest BCUT2D eigenvalue weighted by Crippen LogP contribution is 2.28. The molecule has 0 radical (unpaired) electrons. The Morgan fingerprint density at radius 3 is 2.84 bits per heavy atom. The van der Waals surface area contributed by atoms with Crippen molar-refractivity contribution in [1.29, 1.82) is 0 Å². The molecule has 1 atom stereocenters. The van der Waals surface area contributed by atoms with Crippen molar-refractivity contribution in [3.8, 4) is 5.75 Å². The maximum atomic E-state index is 12.3. The second-order valence-corrected chi connectivity index (χ2v) is 6.66. The lowest BCUT2D eigenvalue weighted by Gasteiger charge is -2.11. The van der Waals surface area contributed by atoms with E-state index in [9.17, 15) is 9.59 Å². The third-order valence-corrected chi connectivity index (χ3v) is 4.42. The largest absolute Gasteiger partial charge is 0.495 e. The summed E-state index contributed by atoms with van der Waals surface area (Å²) in [5.74, 6) is -0.170. The molecule has 0 saturated heterocycles. The number of carbonyl (C=O) groups is 2. The van der Waals surface area contributed by atoms with Crippen LogP contribution in [0.4, 0.5) is 5.69 Å². The number of hydrogen-bond acceptors (Lipinski definition) is 6. The highest BCUT2D eigenvalue weighted by Gasteiger charge is 2.18. The zero-order chi connectivity index (χ0) is 18.4. The summed E-state index contributed by atoms with van der Waals surface area (Å²) < 4.78 is 9.95. The monoisotopic (exact) mass is 383 g/mol. The predicted molar refractivity (Wildman–Crippen MR) is 96.5 cm³/mol. The Hall–Kier alpha value is -2.19.